The number of nitrogens with zero attached hydrogens (tertiary/aromatic N) is 1. The maximum absolute atomic E-state index is 11.9. The average molecular weight is 249 g/mol. The molecule has 1 aromatic rings. The fraction of sp³-hybridized carbons (Fsp3) is 0.538. The van der Waals surface area contributed by atoms with Crippen molar-refractivity contribution in [2.24, 2.45) is 5.92 Å². The lowest BCUT2D eigenvalue weighted by Crippen LogP contribution is -2.30. The molecule has 2 heterocycles. The molecule has 1 aliphatic rings. The van der Waals surface area contributed by atoms with Crippen LogP contribution in [0.4, 0.5) is 5.69 Å². The molecule has 0 spiro atoms. The second kappa shape index (κ2) is 6.35. The van der Waals surface area contributed by atoms with Gasteiger partial charge >= 0.3 is 0 Å². The molecular formula is C13H19N3O2. The number of anilines is 1. The molecule has 18 heavy (non-hydrogen) atoms. The second-order valence-electron chi connectivity index (χ2n) is 4.51. The molecule has 1 fully saturated rings. The lowest BCUT2D eigenvalue weighted by molar-refractivity contribution is -0.117. The number of nitrogens with one attached hydrogen (secondary N) is 2. The van der Waals surface area contributed by atoms with Crippen LogP contribution < -0.4 is 15.4 Å². The third kappa shape index (κ3) is 3.43. The van der Waals surface area contributed by atoms with Crippen LogP contribution in [0.2, 0.25) is 0 Å². The van der Waals surface area contributed by atoms with E-state index in [1.165, 1.54) is 0 Å². The molecule has 1 saturated heterocycles. The Balaban J connectivity index is 1.90. The third-order valence-electron chi connectivity index (χ3n) is 3.17. The van der Waals surface area contributed by atoms with Crippen LogP contribution in [0.15, 0.2) is 18.3 Å². The number of amides is 1. The molecule has 0 unspecified atom stereocenters. The Kier molecular flexibility index (Phi) is 4.52. The van der Waals surface area contributed by atoms with Gasteiger partial charge in [-0.2, -0.15) is 0 Å². The highest BCUT2D eigenvalue weighted by Gasteiger charge is 2.17. The van der Waals surface area contributed by atoms with Crippen molar-refractivity contribution in [2.45, 2.75) is 19.3 Å². The van der Waals surface area contributed by atoms with Crippen molar-refractivity contribution in [1.82, 2.24) is 10.3 Å². The van der Waals surface area contributed by atoms with Gasteiger partial charge < -0.3 is 15.4 Å². The molecule has 0 saturated carbocycles. The van der Waals surface area contributed by atoms with E-state index in [9.17, 15) is 4.79 Å². The Bertz CT molecular complexity index is 403. The maximum Gasteiger partial charge on any atom is 0.237 e. The molecule has 1 aromatic heterocycles. The van der Waals surface area contributed by atoms with Crippen molar-refractivity contribution in [2.75, 3.05) is 25.5 Å². The van der Waals surface area contributed by atoms with Gasteiger partial charge in [0.2, 0.25) is 11.8 Å². The number of methoxy groups -OCH3 is 1. The van der Waals surface area contributed by atoms with Crippen LogP contribution in [0, 0.1) is 5.92 Å². The lowest BCUT2D eigenvalue weighted by Gasteiger charge is -2.22. The summed E-state index contributed by atoms with van der Waals surface area (Å²) in [6.07, 6.45) is 4.34. The minimum atomic E-state index is 0.0354. The van der Waals surface area contributed by atoms with E-state index in [0.717, 1.165) is 25.9 Å². The Hall–Kier alpha value is -1.62. The molecule has 0 radical (unpaired) electrons. The van der Waals surface area contributed by atoms with E-state index >= 15 is 0 Å². The smallest absolute Gasteiger partial charge is 0.237 e. The summed E-state index contributed by atoms with van der Waals surface area (Å²) < 4.78 is 5.10. The molecule has 0 atom stereocenters. The Morgan fingerprint density at radius 1 is 1.56 bits per heavy atom. The molecule has 2 rings (SSSR count). The number of ether oxygens (including phenoxy) is 1. The van der Waals surface area contributed by atoms with E-state index in [0.29, 0.717) is 23.9 Å². The van der Waals surface area contributed by atoms with E-state index in [-0.39, 0.29) is 5.91 Å². The summed E-state index contributed by atoms with van der Waals surface area (Å²) in [7, 11) is 1.55. The van der Waals surface area contributed by atoms with Crippen LogP contribution >= 0.6 is 0 Å². The summed E-state index contributed by atoms with van der Waals surface area (Å²) in [5.74, 6) is 0.971. The largest absolute Gasteiger partial charge is 0.480 e. The van der Waals surface area contributed by atoms with Gasteiger partial charge in [0.25, 0.3) is 0 Å². The van der Waals surface area contributed by atoms with Gasteiger partial charge in [0.15, 0.2) is 0 Å². The monoisotopic (exact) mass is 249 g/mol. The first-order chi connectivity index (χ1) is 8.79. The minimum absolute atomic E-state index is 0.0354. The van der Waals surface area contributed by atoms with E-state index in [4.69, 9.17) is 4.74 Å². The predicted octanol–water partition coefficient (Wildman–Crippen LogP) is 1.42. The molecule has 2 N–H and O–H groups in total. The SMILES string of the molecule is COc1ncccc1NC(=O)CC1CCNCC1. The molecule has 1 aliphatic heterocycles. The van der Waals surface area contributed by atoms with E-state index in [2.05, 4.69) is 15.6 Å². The highest BCUT2D eigenvalue weighted by Crippen LogP contribution is 2.22. The topological polar surface area (TPSA) is 63.2 Å². The van der Waals surface area contributed by atoms with Gasteiger partial charge in [-0.1, -0.05) is 0 Å². The summed E-state index contributed by atoms with van der Waals surface area (Å²) in [6.45, 7) is 2.02. The highest BCUT2D eigenvalue weighted by atomic mass is 16.5. The summed E-state index contributed by atoms with van der Waals surface area (Å²) in [5.41, 5.74) is 0.638. The van der Waals surface area contributed by atoms with E-state index in [1.54, 1.807) is 25.4 Å². The molecular weight excluding hydrogens is 230 g/mol. The zero-order chi connectivity index (χ0) is 12.8. The molecule has 0 aliphatic carbocycles. The minimum Gasteiger partial charge on any atom is -0.480 e. The Labute approximate surface area is 107 Å². The number of rotatable bonds is 4. The van der Waals surface area contributed by atoms with Gasteiger partial charge in [0.1, 0.15) is 5.69 Å². The zero-order valence-electron chi connectivity index (χ0n) is 10.6. The average Bonchev–Trinajstić information content (AvgIpc) is 2.40. The van der Waals surface area contributed by atoms with Crippen LogP contribution in [0.3, 0.4) is 0 Å². The van der Waals surface area contributed by atoms with Crippen LogP contribution in [-0.4, -0.2) is 31.1 Å². The second-order valence-corrected chi connectivity index (χ2v) is 4.51. The summed E-state index contributed by atoms with van der Waals surface area (Å²) in [5, 5.41) is 6.16. The number of aromatic nitrogens is 1. The van der Waals surface area contributed by atoms with Gasteiger partial charge in [0, 0.05) is 12.6 Å². The molecule has 0 bridgehead atoms. The number of piperidine rings is 1. The number of carbonyl (C=O) groups is 1. The van der Waals surface area contributed by atoms with Crippen molar-refractivity contribution >= 4 is 11.6 Å². The van der Waals surface area contributed by atoms with Crippen LogP contribution in [0.25, 0.3) is 0 Å². The van der Waals surface area contributed by atoms with E-state index in [1.807, 2.05) is 0 Å². The standard InChI is InChI=1S/C13H19N3O2/c1-18-13-11(3-2-6-15-13)16-12(17)9-10-4-7-14-8-5-10/h2-3,6,10,14H,4-5,7-9H2,1H3,(H,16,17). The predicted molar refractivity (Wildman–Crippen MR) is 69.6 cm³/mol. The van der Waals surface area contributed by atoms with Crippen molar-refractivity contribution < 1.29 is 9.53 Å². The Morgan fingerprint density at radius 3 is 3.06 bits per heavy atom. The van der Waals surface area contributed by atoms with Crippen LogP contribution in [0.1, 0.15) is 19.3 Å². The van der Waals surface area contributed by atoms with Gasteiger partial charge in [-0.15, -0.1) is 0 Å². The van der Waals surface area contributed by atoms with Crippen LogP contribution in [-0.2, 0) is 4.79 Å². The third-order valence-corrected chi connectivity index (χ3v) is 3.17. The fourth-order valence-corrected chi connectivity index (χ4v) is 2.20. The van der Waals surface area contributed by atoms with Crippen LogP contribution in [0.5, 0.6) is 5.88 Å². The highest BCUT2D eigenvalue weighted by molar-refractivity contribution is 5.92. The molecule has 1 amide bonds. The van der Waals surface area contributed by atoms with Crippen molar-refractivity contribution in [3.63, 3.8) is 0 Å². The van der Waals surface area contributed by atoms with Crippen molar-refractivity contribution in [3.05, 3.63) is 18.3 Å². The van der Waals surface area contributed by atoms with Gasteiger partial charge in [-0.25, -0.2) is 4.98 Å². The fourth-order valence-electron chi connectivity index (χ4n) is 2.20. The first-order valence-corrected chi connectivity index (χ1v) is 6.29. The normalized spacial score (nSPS) is 16.3. The molecule has 5 heteroatoms. The van der Waals surface area contributed by atoms with Gasteiger partial charge in [-0.3, -0.25) is 4.79 Å². The van der Waals surface area contributed by atoms with Gasteiger partial charge in [0.05, 0.1) is 7.11 Å². The molecule has 98 valence electrons. The molecule has 0 aromatic carbocycles. The number of carbonyl (C=O) groups excluding carboxylic acids is 1. The number of hydrogen-bond acceptors (Lipinski definition) is 4. The molecule has 5 nitrogen and oxygen atoms in total. The summed E-state index contributed by atoms with van der Waals surface area (Å²) in [4.78, 5) is 16.0. The lowest BCUT2D eigenvalue weighted by atomic mass is 9.94. The zero-order valence-corrected chi connectivity index (χ0v) is 10.6. The summed E-state index contributed by atoms with van der Waals surface area (Å²) in [6, 6.07) is 3.58. The quantitative estimate of drug-likeness (QED) is 0.847. The van der Waals surface area contributed by atoms with Crippen molar-refractivity contribution in [1.29, 1.82) is 0 Å². The first kappa shape index (κ1) is 12.8. The summed E-state index contributed by atoms with van der Waals surface area (Å²) >= 11 is 0. The first-order valence-electron chi connectivity index (χ1n) is 6.29. The van der Waals surface area contributed by atoms with Gasteiger partial charge in [-0.05, 0) is 44.0 Å². The number of pyridine rings is 1. The van der Waals surface area contributed by atoms with Crippen molar-refractivity contribution in [3.8, 4) is 5.88 Å². The number of hydrogen-bond donors (Lipinski definition) is 2. The van der Waals surface area contributed by atoms with E-state index < -0.39 is 0 Å². The maximum atomic E-state index is 11.9. The Morgan fingerprint density at radius 2 is 2.33 bits per heavy atom.